The van der Waals surface area contributed by atoms with Gasteiger partial charge in [-0.2, -0.15) is 0 Å². The SMILES string of the molecule is CCCNC1CCCCC1OCCCc1ccccc1. The summed E-state index contributed by atoms with van der Waals surface area (Å²) in [6, 6.07) is 11.3. The number of hydrogen-bond acceptors (Lipinski definition) is 2. The van der Waals surface area contributed by atoms with Gasteiger partial charge < -0.3 is 10.1 Å². The second-order valence-corrected chi connectivity index (χ2v) is 5.84. The quantitative estimate of drug-likeness (QED) is 0.725. The molecule has 0 aromatic heterocycles. The first-order valence-electron chi connectivity index (χ1n) is 8.29. The van der Waals surface area contributed by atoms with Crippen molar-refractivity contribution in [2.75, 3.05) is 13.2 Å². The fourth-order valence-electron chi connectivity index (χ4n) is 3.02. The fourth-order valence-corrected chi connectivity index (χ4v) is 3.02. The topological polar surface area (TPSA) is 21.3 Å². The van der Waals surface area contributed by atoms with E-state index < -0.39 is 0 Å². The molecule has 2 rings (SSSR count). The lowest BCUT2D eigenvalue weighted by Gasteiger charge is -2.32. The minimum absolute atomic E-state index is 0.436. The Kier molecular flexibility index (Phi) is 7.10. The number of nitrogens with one attached hydrogen (secondary N) is 1. The van der Waals surface area contributed by atoms with Crippen LogP contribution in [0.15, 0.2) is 30.3 Å². The van der Waals surface area contributed by atoms with E-state index in [2.05, 4.69) is 42.6 Å². The second kappa shape index (κ2) is 9.15. The highest BCUT2D eigenvalue weighted by atomic mass is 16.5. The lowest BCUT2D eigenvalue weighted by Crippen LogP contribution is -2.44. The lowest BCUT2D eigenvalue weighted by atomic mass is 9.92. The molecule has 0 aliphatic heterocycles. The summed E-state index contributed by atoms with van der Waals surface area (Å²) in [5.41, 5.74) is 1.42. The van der Waals surface area contributed by atoms with Crippen LogP contribution in [0.25, 0.3) is 0 Å². The molecule has 20 heavy (non-hydrogen) atoms. The number of hydrogen-bond donors (Lipinski definition) is 1. The van der Waals surface area contributed by atoms with Gasteiger partial charge in [-0.25, -0.2) is 0 Å². The van der Waals surface area contributed by atoms with Gasteiger partial charge in [0.15, 0.2) is 0 Å². The Morgan fingerprint density at radius 2 is 1.95 bits per heavy atom. The van der Waals surface area contributed by atoms with Gasteiger partial charge in [-0.1, -0.05) is 50.1 Å². The summed E-state index contributed by atoms with van der Waals surface area (Å²) >= 11 is 0. The third-order valence-electron chi connectivity index (χ3n) is 4.14. The average Bonchev–Trinajstić information content (AvgIpc) is 2.51. The molecule has 0 amide bonds. The maximum absolute atomic E-state index is 6.15. The molecule has 1 aromatic rings. The molecule has 0 spiro atoms. The maximum Gasteiger partial charge on any atom is 0.0728 e. The summed E-state index contributed by atoms with van der Waals surface area (Å²) < 4.78 is 6.15. The Morgan fingerprint density at radius 1 is 1.15 bits per heavy atom. The molecule has 1 aromatic carbocycles. The van der Waals surface area contributed by atoms with Gasteiger partial charge in [0.05, 0.1) is 6.10 Å². The molecule has 2 heteroatoms. The molecule has 0 bridgehead atoms. The van der Waals surface area contributed by atoms with Gasteiger partial charge in [-0.05, 0) is 44.2 Å². The number of benzene rings is 1. The first-order chi connectivity index (χ1) is 9.90. The maximum atomic E-state index is 6.15. The molecule has 2 nitrogen and oxygen atoms in total. The molecule has 0 heterocycles. The second-order valence-electron chi connectivity index (χ2n) is 5.84. The Hall–Kier alpha value is -0.860. The molecule has 0 radical (unpaired) electrons. The van der Waals surface area contributed by atoms with Crippen LogP contribution < -0.4 is 5.32 Å². The van der Waals surface area contributed by atoms with Crippen molar-refractivity contribution in [2.24, 2.45) is 0 Å². The van der Waals surface area contributed by atoms with Gasteiger partial charge in [0.2, 0.25) is 0 Å². The largest absolute Gasteiger partial charge is 0.377 e. The molecule has 2 unspecified atom stereocenters. The monoisotopic (exact) mass is 275 g/mol. The zero-order chi connectivity index (χ0) is 14.0. The summed E-state index contributed by atoms with van der Waals surface area (Å²) in [4.78, 5) is 0. The molecular weight excluding hydrogens is 246 g/mol. The van der Waals surface area contributed by atoms with Crippen molar-refractivity contribution in [3.63, 3.8) is 0 Å². The van der Waals surface area contributed by atoms with E-state index in [1.807, 2.05) is 0 Å². The zero-order valence-corrected chi connectivity index (χ0v) is 12.8. The van der Waals surface area contributed by atoms with Crippen LogP contribution in [0.5, 0.6) is 0 Å². The minimum Gasteiger partial charge on any atom is -0.377 e. The van der Waals surface area contributed by atoms with Gasteiger partial charge >= 0.3 is 0 Å². The van der Waals surface area contributed by atoms with E-state index in [9.17, 15) is 0 Å². The summed E-state index contributed by atoms with van der Waals surface area (Å²) in [6.07, 6.45) is 9.08. The summed E-state index contributed by atoms with van der Waals surface area (Å²) in [5.74, 6) is 0. The minimum atomic E-state index is 0.436. The predicted octanol–water partition coefficient (Wildman–Crippen LogP) is 3.95. The van der Waals surface area contributed by atoms with Gasteiger partial charge in [0.25, 0.3) is 0 Å². The normalized spacial score (nSPS) is 22.9. The van der Waals surface area contributed by atoms with E-state index in [0.717, 1.165) is 26.0 Å². The standard InChI is InChI=1S/C18H29NO/c1-2-14-19-17-12-6-7-13-18(17)20-15-8-11-16-9-4-3-5-10-16/h3-5,9-10,17-19H,2,6-8,11-15H2,1H3. The first-order valence-corrected chi connectivity index (χ1v) is 8.29. The Labute approximate surface area is 123 Å². The highest BCUT2D eigenvalue weighted by molar-refractivity contribution is 5.14. The van der Waals surface area contributed by atoms with Crippen LogP contribution in [-0.2, 0) is 11.2 Å². The van der Waals surface area contributed by atoms with Gasteiger partial charge in [-0.3, -0.25) is 0 Å². The van der Waals surface area contributed by atoms with E-state index in [4.69, 9.17) is 4.74 Å². The summed E-state index contributed by atoms with van der Waals surface area (Å²) in [7, 11) is 0. The van der Waals surface area contributed by atoms with Crippen LogP contribution in [0.2, 0.25) is 0 Å². The van der Waals surface area contributed by atoms with E-state index in [1.165, 1.54) is 37.7 Å². The smallest absolute Gasteiger partial charge is 0.0728 e. The van der Waals surface area contributed by atoms with Crippen molar-refractivity contribution < 1.29 is 4.74 Å². The average molecular weight is 275 g/mol. The molecular formula is C18H29NO. The molecule has 1 aliphatic carbocycles. The highest BCUT2D eigenvalue weighted by Gasteiger charge is 2.24. The van der Waals surface area contributed by atoms with Crippen LogP contribution >= 0.6 is 0 Å². The predicted molar refractivity (Wildman–Crippen MR) is 85.1 cm³/mol. The number of aryl methyl sites for hydroxylation is 1. The van der Waals surface area contributed by atoms with Crippen molar-refractivity contribution in [1.82, 2.24) is 5.32 Å². The third-order valence-corrected chi connectivity index (χ3v) is 4.14. The third kappa shape index (κ3) is 5.26. The lowest BCUT2D eigenvalue weighted by molar-refractivity contribution is 0.00430. The van der Waals surface area contributed by atoms with Gasteiger partial charge in [0.1, 0.15) is 0 Å². The molecule has 1 saturated carbocycles. The fraction of sp³-hybridized carbons (Fsp3) is 0.667. The Morgan fingerprint density at radius 3 is 2.75 bits per heavy atom. The van der Waals surface area contributed by atoms with Crippen LogP contribution in [0.1, 0.15) is 51.0 Å². The van der Waals surface area contributed by atoms with Crippen LogP contribution in [-0.4, -0.2) is 25.3 Å². The van der Waals surface area contributed by atoms with Crippen LogP contribution in [0.3, 0.4) is 0 Å². The van der Waals surface area contributed by atoms with Crippen molar-refractivity contribution >= 4 is 0 Å². The molecule has 1 aliphatic rings. The van der Waals surface area contributed by atoms with Gasteiger partial charge in [-0.15, -0.1) is 0 Å². The van der Waals surface area contributed by atoms with Gasteiger partial charge in [0, 0.05) is 12.6 Å². The number of ether oxygens (including phenoxy) is 1. The van der Waals surface area contributed by atoms with Crippen molar-refractivity contribution in [1.29, 1.82) is 0 Å². The molecule has 2 atom stereocenters. The zero-order valence-electron chi connectivity index (χ0n) is 12.8. The molecule has 1 N–H and O–H groups in total. The van der Waals surface area contributed by atoms with E-state index in [-0.39, 0.29) is 0 Å². The summed E-state index contributed by atoms with van der Waals surface area (Å²) in [6.45, 7) is 4.24. The van der Waals surface area contributed by atoms with Crippen molar-refractivity contribution in [3.8, 4) is 0 Å². The van der Waals surface area contributed by atoms with Crippen LogP contribution in [0, 0.1) is 0 Å². The van der Waals surface area contributed by atoms with E-state index in [1.54, 1.807) is 0 Å². The Bertz CT molecular complexity index is 352. The molecule has 1 fully saturated rings. The Balaban J connectivity index is 1.66. The van der Waals surface area contributed by atoms with Crippen molar-refractivity contribution in [2.45, 2.75) is 64.0 Å². The molecule has 112 valence electrons. The van der Waals surface area contributed by atoms with E-state index >= 15 is 0 Å². The highest BCUT2D eigenvalue weighted by Crippen LogP contribution is 2.21. The van der Waals surface area contributed by atoms with E-state index in [0.29, 0.717) is 12.1 Å². The summed E-state index contributed by atoms with van der Waals surface area (Å²) in [5, 5.41) is 3.65. The number of rotatable bonds is 8. The van der Waals surface area contributed by atoms with Crippen molar-refractivity contribution in [3.05, 3.63) is 35.9 Å². The molecule has 0 saturated heterocycles. The van der Waals surface area contributed by atoms with Crippen LogP contribution in [0.4, 0.5) is 0 Å². The first kappa shape index (κ1) is 15.5.